The van der Waals surface area contributed by atoms with Crippen molar-refractivity contribution in [3.63, 3.8) is 0 Å². The summed E-state index contributed by atoms with van der Waals surface area (Å²) >= 11 is 6.11. The van der Waals surface area contributed by atoms with Crippen molar-refractivity contribution in [2.45, 2.75) is 25.9 Å². The number of fused-ring (bicyclic) bond motifs is 1. The molecule has 3 aromatic rings. The van der Waals surface area contributed by atoms with Crippen LogP contribution in [0.3, 0.4) is 0 Å². The van der Waals surface area contributed by atoms with E-state index in [4.69, 9.17) is 16.3 Å². The number of halogens is 1. The summed E-state index contributed by atoms with van der Waals surface area (Å²) < 4.78 is 5.19. The van der Waals surface area contributed by atoms with Crippen molar-refractivity contribution < 1.29 is 14.3 Å². The molecule has 0 saturated heterocycles. The number of nitrogens with one attached hydrogen (secondary N) is 1. The summed E-state index contributed by atoms with van der Waals surface area (Å²) in [6.45, 7) is 2.39. The molecule has 5 nitrogen and oxygen atoms in total. The second-order valence-electron chi connectivity index (χ2n) is 7.58. The molecule has 0 spiro atoms. The summed E-state index contributed by atoms with van der Waals surface area (Å²) in [5, 5.41) is 3.32. The maximum Gasteiger partial charge on any atom is 0.258 e. The molecule has 6 heteroatoms. The Bertz CT molecular complexity index is 1130. The molecule has 158 valence electrons. The van der Waals surface area contributed by atoms with Crippen LogP contribution in [0.4, 0.5) is 5.69 Å². The van der Waals surface area contributed by atoms with Gasteiger partial charge < -0.3 is 15.0 Å². The first-order chi connectivity index (χ1) is 15.0. The van der Waals surface area contributed by atoms with Gasteiger partial charge in [-0.2, -0.15) is 0 Å². The Morgan fingerprint density at radius 3 is 2.55 bits per heavy atom. The summed E-state index contributed by atoms with van der Waals surface area (Å²) in [5.74, 6) is 0.430. The molecule has 0 radical (unpaired) electrons. The smallest absolute Gasteiger partial charge is 0.258 e. The van der Waals surface area contributed by atoms with Crippen molar-refractivity contribution in [1.82, 2.24) is 5.32 Å². The van der Waals surface area contributed by atoms with Gasteiger partial charge in [-0.15, -0.1) is 0 Å². The first-order valence-corrected chi connectivity index (χ1v) is 10.5. The lowest BCUT2D eigenvalue weighted by molar-refractivity contribution is 0.0948. The third-order valence-corrected chi connectivity index (χ3v) is 5.82. The molecule has 0 unspecified atom stereocenters. The molecule has 1 N–H and O–H groups in total. The second kappa shape index (κ2) is 8.82. The number of nitrogens with zero attached hydrogens (tertiary/aromatic N) is 1. The van der Waals surface area contributed by atoms with E-state index in [1.165, 1.54) is 0 Å². The zero-order chi connectivity index (χ0) is 22.0. The predicted octanol–water partition coefficient (Wildman–Crippen LogP) is 4.87. The van der Waals surface area contributed by atoms with Crippen molar-refractivity contribution >= 4 is 29.1 Å². The number of amides is 2. The van der Waals surface area contributed by atoms with Crippen LogP contribution in [0.5, 0.6) is 5.75 Å². The fourth-order valence-electron chi connectivity index (χ4n) is 3.87. The molecule has 4 rings (SSSR count). The highest BCUT2D eigenvalue weighted by Gasteiger charge is 2.31. The molecular weight excluding hydrogens is 412 g/mol. The van der Waals surface area contributed by atoms with E-state index in [9.17, 15) is 9.59 Å². The Hall–Kier alpha value is -3.31. The van der Waals surface area contributed by atoms with Gasteiger partial charge in [0, 0.05) is 23.8 Å². The van der Waals surface area contributed by atoms with Gasteiger partial charge in [-0.25, -0.2) is 0 Å². The topological polar surface area (TPSA) is 58.6 Å². The number of anilines is 1. The Morgan fingerprint density at radius 2 is 1.84 bits per heavy atom. The molecule has 31 heavy (non-hydrogen) atoms. The van der Waals surface area contributed by atoms with Crippen LogP contribution in [0.1, 0.15) is 38.8 Å². The number of carbonyl (C=O) groups is 2. The molecule has 0 aromatic heterocycles. The van der Waals surface area contributed by atoms with Gasteiger partial charge in [-0.3, -0.25) is 9.59 Å². The highest BCUT2D eigenvalue weighted by molar-refractivity contribution is 6.33. The second-order valence-corrected chi connectivity index (χ2v) is 7.99. The highest BCUT2D eigenvalue weighted by Crippen LogP contribution is 2.34. The molecule has 1 heterocycles. The summed E-state index contributed by atoms with van der Waals surface area (Å²) in [4.78, 5) is 27.5. The third-order valence-electron chi connectivity index (χ3n) is 5.49. The van der Waals surface area contributed by atoms with Gasteiger partial charge in [0.2, 0.25) is 0 Å². The van der Waals surface area contributed by atoms with E-state index in [2.05, 4.69) is 5.32 Å². The largest absolute Gasteiger partial charge is 0.497 e. The van der Waals surface area contributed by atoms with Crippen LogP contribution in [-0.2, 0) is 13.0 Å². The molecule has 1 atom stereocenters. The number of methoxy groups -OCH3 is 1. The quantitative estimate of drug-likeness (QED) is 0.623. The summed E-state index contributed by atoms with van der Waals surface area (Å²) in [7, 11) is 1.60. The number of hydrogen-bond acceptors (Lipinski definition) is 3. The molecule has 0 fully saturated rings. The number of rotatable bonds is 5. The van der Waals surface area contributed by atoms with Gasteiger partial charge in [0.05, 0.1) is 17.7 Å². The Morgan fingerprint density at radius 1 is 1.10 bits per heavy atom. The van der Waals surface area contributed by atoms with Crippen molar-refractivity contribution in [2.24, 2.45) is 0 Å². The van der Waals surface area contributed by atoms with Crippen molar-refractivity contribution in [2.75, 3.05) is 12.0 Å². The molecule has 1 aliphatic heterocycles. The maximum atomic E-state index is 13.2. The first-order valence-electron chi connectivity index (χ1n) is 10.1. The van der Waals surface area contributed by atoms with Crippen LogP contribution in [-0.4, -0.2) is 25.0 Å². The van der Waals surface area contributed by atoms with Crippen LogP contribution in [0, 0.1) is 0 Å². The van der Waals surface area contributed by atoms with E-state index in [-0.39, 0.29) is 17.9 Å². The fraction of sp³-hybridized carbons (Fsp3) is 0.200. The summed E-state index contributed by atoms with van der Waals surface area (Å²) in [5.41, 5.74) is 3.97. The van der Waals surface area contributed by atoms with E-state index in [1.54, 1.807) is 55.6 Å². The molecule has 1 aliphatic rings. The summed E-state index contributed by atoms with van der Waals surface area (Å²) in [6, 6.07) is 20.1. The fourth-order valence-corrected chi connectivity index (χ4v) is 4.09. The Balaban J connectivity index is 1.53. The van der Waals surface area contributed by atoms with Gasteiger partial charge in [0.1, 0.15) is 5.75 Å². The normalized spacial score (nSPS) is 14.8. The van der Waals surface area contributed by atoms with Gasteiger partial charge >= 0.3 is 0 Å². The van der Waals surface area contributed by atoms with E-state index in [1.807, 2.05) is 30.0 Å². The third kappa shape index (κ3) is 4.28. The Labute approximate surface area is 186 Å². The zero-order valence-electron chi connectivity index (χ0n) is 17.4. The van der Waals surface area contributed by atoms with Crippen molar-refractivity contribution in [3.05, 3.63) is 94.0 Å². The lowest BCUT2D eigenvalue weighted by Crippen LogP contribution is -2.35. The lowest BCUT2D eigenvalue weighted by atomic mass is 10.1. The average molecular weight is 435 g/mol. The predicted molar refractivity (Wildman–Crippen MR) is 122 cm³/mol. The molecule has 0 saturated carbocycles. The number of hydrogen-bond donors (Lipinski definition) is 1. The highest BCUT2D eigenvalue weighted by atomic mass is 35.5. The minimum atomic E-state index is -0.231. The van der Waals surface area contributed by atoms with Crippen LogP contribution in [0.25, 0.3) is 0 Å². The van der Waals surface area contributed by atoms with Crippen LogP contribution in [0.15, 0.2) is 66.7 Å². The Kier molecular flexibility index (Phi) is 5.96. The van der Waals surface area contributed by atoms with Crippen molar-refractivity contribution in [1.29, 1.82) is 0 Å². The SMILES string of the molecule is COc1ccc(C(=O)N2c3cc(CNC(=O)c4ccccc4Cl)ccc3C[C@@H]2C)cc1. The lowest BCUT2D eigenvalue weighted by Gasteiger charge is -2.23. The summed E-state index contributed by atoms with van der Waals surface area (Å²) in [6.07, 6.45) is 0.795. The first kappa shape index (κ1) is 20.9. The average Bonchev–Trinajstić information content (AvgIpc) is 3.12. The monoisotopic (exact) mass is 434 g/mol. The molecule has 2 amide bonds. The molecule has 0 bridgehead atoms. The van der Waals surface area contributed by atoms with Crippen molar-refractivity contribution in [3.8, 4) is 5.75 Å². The number of ether oxygens (including phenoxy) is 1. The van der Waals surface area contributed by atoms with Gasteiger partial charge in [-0.1, -0.05) is 35.9 Å². The van der Waals surface area contributed by atoms with E-state index in [0.717, 1.165) is 23.2 Å². The van der Waals surface area contributed by atoms with Crippen LogP contribution in [0.2, 0.25) is 5.02 Å². The van der Waals surface area contributed by atoms with E-state index < -0.39 is 0 Å². The number of carbonyl (C=O) groups excluding carboxylic acids is 2. The molecular formula is C25H23ClN2O3. The zero-order valence-corrected chi connectivity index (χ0v) is 18.1. The van der Waals surface area contributed by atoms with Gasteiger partial charge in [0.15, 0.2) is 0 Å². The van der Waals surface area contributed by atoms with E-state index >= 15 is 0 Å². The van der Waals surface area contributed by atoms with Gasteiger partial charge in [0.25, 0.3) is 11.8 Å². The molecule has 3 aromatic carbocycles. The van der Waals surface area contributed by atoms with Crippen LogP contribution >= 0.6 is 11.6 Å². The number of benzene rings is 3. The van der Waals surface area contributed by atoms with Crippen LogP contribution < -0.4 is 15.0 Å². The molecule has 0 aliphatic carbocycles. The van der Waals surface area contributed by atoms with E-state index in [0.29, 0.717) is 28.4 Å². The minimum absolute atomic E-state index is 0.0499. The standard InChI is InChI=1S/C25H23ClN2O3/c1-16-13-19-8-7-17(15-27-24(29)21-5-3-4-6-22(21)26)14-23(19)28(16)25(30)18-9-11-20(31-2)12-10-18/h3-12,14,16H,13,15H2,1-2H3,(H,27,29)/t16-/m0/s1. The maximum absolute atomic E-state index is 13.2. The minimum Gasteiger partial charge on any atom is -0.497 e. The van der Waals surface area contributed by atoms with Gasteiger partial charge in [-0.05, 0) is 66.9 Å².